The number of ether oxygens (including phenoxy) is 2. The Kier molecular flexibility index (Phi) is 5.57. The molecule has 1 aromatic carbocycles. The lowest BCUT2D eigenvalue weighted by Crippen LogP contribution is -2.17. The molecule has 0 fully saturated rings. The number of benzene rings is 1. The van der Waals surface area contributed by atoms with Crippen LogP contribution in [0, 0.1) is 5.92 Å². The molecule has 0 radical (unpaired) electrons. The molecule has 122 valence electrons. The number of esters is 1. The quantitative estimate of drug-likeness (QED) is 0.822. The Morgan fingerprint density at radius 3 is 2.48 bits per heavy atom. The predicted molar refractivity (Wildman–Crippen MR) is 88.4 cm³/mol. The molecule has 0 unspecified atom stereocenters. The maximum atomic E-state index is 11.6. The number of aromatic nitrogens is 1. The standard InChI is InChI=1S/C15H15ClN2O4S/c1-8(2)13(19)17-9-4-6-10(7-5-9)22-15-18-12(16)11(23-15)14(20)21-3/h4-8H,1-3H3,(H,17,19). The van der Waals surface area contributed by atoms with Gasteiger partial charge in [0.2, 0.25) is 5.91 Å². The SMILES string of the molecule is COC(=O)c1sc(Oc2ccc(NC(=O)C(C)C)cc2)nc1Cl. The van der Waals surface area contributed by atoms with E-state index in [1.807, 2.05) is 13.8 Å². The molecule has 8 heteroatoms. The number of anilines is 1. The van der Waals surface area contributed by atoms with Crippen molar-refractivity contribution in [2.24, 2.45) is 5.92 Å². The average molecular weight is 355 g/mol. The smallest absolute Gasteiger partial charge is 0.351 e. The van der Waals surface area contributed by atoms with Crippen LogP contribution in [-0.4, -0.2) is 24.0 Å². The Morgan fingerprint density at radius 1 is 1.26 bits per heavy atom. The first-order valence-electron chi connectivity index (χ1n) is 6.74. The van der Waals surface area contributed by atoms with E-state index in [0.717, 1.165) is 11.3 Å². The van der Waals surface area contributed by atoms with E-state index in [-0.39, 0.29) is 27.0 Å². The topological polar surface area (TPSA) is 77.5 Å². The third kappa shape index (κ3) is 4.43. The summed E-state index contributed by atoms with van der Waals surface area (Å²) in [7, 11) is 1.27. The molecule has 2 rings (SSSR count). The number of nitrogens with one attached hydrogen (secondary N) is 1. The highest BCUT2D eigenvalue weighted by molar-refractivity contribution is 7.15. The summed E-state index contributed by atoms with van der Waals surface area (Å²) < 4.78 is 10.1. The number of hydrogen-bond acceptors (Lipinski definition) is 6. The van der Waals surface area contributed by atoms with Gasteiger partial charge in [0, 0.05) is 11.6 Å². The van der Waals surface area contributed by atoms with Crippen molar-refractivity contribution in [3.63, 3.8) is 0 Å². The van der Waals surface area contributed by atoms with Crippen LogP contribution in [-0.2, 0) is 9.53 Å². The van der Waals surface area contributed by atoms with Crippen LogP contribution in [0.2, 0.25) is 5.15 Å². The van der Waals surface area contributed by atoms with Gasteiger partial charge in [0.15, 0.2) is 10.0 Å². The van der Waals surface area contributed by atoms with Crippen LogP contribution >= 0.6 is 22.9 Å². The van der Waals surface area contributed by atoms with Crippen molar-refractivity contribution in [1.82, 2.24) is 4.98 Å². The van der Waals surface area contributed by atoms with Gasteiger partial charge in [-0.05, 0) is 24.3 Å². The van der Waals surface area contributed by atoms with Gasteiger partial charge >= 0.3 is 5.97 Å². The average Bonchev–Trinajstić information content (AvgIpc) is 2.88. The molecule has 0 atom stereocenters. The van der Waals surface area contributed by atoms with Crippen molar-refractivity contribution >= 4 is 40.5 Å². The van der Waals surface area contributed by atoms with E-state index in [1.165, 1.54) is 7.11 Å². The van der Waals surface area contributed by atoms with Gasteiger partial charge in [0.25, 0.3) is 5.19 Å². The first kappa shape index (κ1) is 17.2. The molecule has 1 amide bonds. The molecule has 0 spiro atoms. The number of halogens is 1. The fourth-order valence-electron chi connectivity index (χ4n) is 1.54. The molecular formula is C15H15ClN2O4S. The fourth-order valence-corrected chi connectivity index (χ4v) is 2.60. The van der Waals surface area contributed by atoms with Gasteiger partial charge in [-0.25, -0.2) is 4.79 Å². The number of carbonyl (C=O) groups excluding carboxylic acids is 2. The second kappa shape index (κ2) is 7.43. The molecule has 0 bridgehead atoms. The molecule has 2 aromatic rings. The lowest BCUT2D eigenvalue weighted by atomic mass is 10.2. The number of hydrogen-bond donors (Lipinski definition) is 1. The summed E-state index contributed by atoms with van der Waals surface area (Å²) in [5.74, 6) is -0.211. The van der Waals surface area contributed by atoms with Crippen LogP contribution in [0.1, 0.15) is 23.5 Å². The van der Waals surface area contributed by atoms with Crippen molar-refractivity contribution in [2.45, 2.75) is 13.8 Å². The largest absolute Gasteiger partial charge is 0.465 e. The Morgan fingerprint density at radius 2 is 1.91 bits per heavy atom. The minimum atomic E-state index is -0.561. The van der Waals surface area contributed by atoms with E-state index in [9.17, 15) is 9.59 Å². The molecular weight excluding hydrogens is 340 g/mol. The number of amides is 1. The summed E-state index contributed by atoms with van der Waals surface area (Å²) in [5.41, 5.74) is 0.670. The zero-order valence-electron chi connectivity index (χ0n) is 12.8. The maximum absolute atomic E-state index is 11.6. The lowest BCUT2D eigenvalue weighted by Gasteiger charge is -2.08. The third-order valence-corrected chi connectivity index (χ3v) is 4.09. The molecule has 23 heavy (non-hydrogen) atoms. The van der Waals surface area contributed by atoms with Gasteiger partial charge < -0.3 is 14.8 Å². The number of thiazole rings is 1. The molecule has 1 N–H and O–H groups in total. The highest BCUT2D eigenvalue weighted by Gasteiger charge is 2.18. The van der Waals surface area contributed by atoms with Crippen molar-refractivity contribution < 1.29 is 19.1 Å². The number of nitrogens with zero attached hydrogens (tertiary/aromatic N) is 1. The van der Waals surface area contributed by atoms with E-state index in [2.05, 4.69) is 15.0 Å². The van der Waals surface area contributed by atoms with Crippen LogP contribution in [0.15, 0.2) is 24.3 Å². The van der Waals surface area contributed by atoms with Crippen LogP contribution < -0.4 is 10.1 Å². The fraction of sp³-hybridized carbons (Fsp3) is 0.267. The molecule has 0 saturated heterocycles. The Labute approximate surface area is 142 Å². The van der Waals surface area contributed by atoms with E-state index < -0.39 is 5.97 Å². The summed E-state index contributed by atoms with van der Waals surface area (Å²) in [6, 6.07) is 6.80. The molecule has 1 aromatic heterocycles. The predicted octanol–water partition coefficient (Wildman–Crippen LogP) is 3.97. The zero-order valence-corrected chi connectivity index (χ0v) is 14.3. The van der Waals surface area contributed by atoms with Crippen molar-refractivity contribution in [1.29, 1.82) is 0 Å². The Bertz CT molecular complexity index is 713. The van der Waals surface area contributed by atoms with Gasteiger partial charge in [-0.2, -0.15) is 4.98 Å². The first-order chi connectivity index (χ1) is 10.9. The summed E-state index contributed by atoms with van der Waals surface area (Å²) in [6.07, 6.45) is 0. The second-order valence-corrected chi connectivity index (χ2v) is 6.18. The molecule has 1 heterocycles. The zero-order chi connectivity index (χ0) is 17.0. The summed E-state index contributed by atoms with van der Waals surface area (Å²) in [6.45, 7) is 3.63. The summed E-state index contributed by atoms with van der Waals surface area (Å²) >= 11 is 6.86. The lowest BCUT2D eigenvalue weighted by molar-refractivity contribution is -0.118. The summed E-state index contributed by atoms with van der Waals surface area (Å²) in [5, 5.41) is 3.05. The monoisotopic (exact) mass is 354 g/mol. The first-order valence-corrected chi connectivity index (χ1v) is 7.93. The normalized spacial score (nSPS) is 10.5. The number of rotatable bonds is 5. The second-order valence-electron chi connectivity index (χ2n) is 4.86. The van der Waals surface area contributed by atoms with Gasteiger partial charge in [-0.1, -0.05) is 36.8 Å². The molecule has 0 saturated carbocycles. The van der Waals surface area contributed by atoms with Crippen molar-refractivity contribution in [3.05, 3.63) is 34.3 Å². The maximum Gasteiger partial charge on any atom is 0.351 e. The Hall–Kier alpha value is -2.12. The molecule has 6 nitrogen and oxygen atoms in total. The van der Waals surface area contributed by atoms with E-state index in [4.69, 9.17) is 16.3 Å². The Balaban J connectivity index is 2.06. The van der Waals surface area contributed by atoms with E-state index >= 15 is 0 Å². The molecule has 0 aliphatic rings. The minimum absolute atomic E-state index is 0.0395. The highest BCUT2D eigenvalue weighted by atomic mass is 35.5. The van der Waals surface area contributed by atoms with Gasteiger partial charge in [-0.15, -0.1) is 0 Å². The highest BCUT2D eigenvalue weighted by Crippen LogP contribution is 2.32. The van der Waals surface area contributed by atoms with Crippen LogP contribution in [0.3, 0.4) is 0 Å². The van der Waals surface area contributed by atoms with Crippen LogP contribution in [0.5, 0.6) is 10.9 Å². The summed E-state index contributed by atoms with van der Waals surface area (Å²) in [4.78, 5) is 27.2. The van der Waals surface area contributed by atoms with Gasteiger partial charge in [0.05, 0.1) is 7.11 Å². The van der Waals surface area contributed by atoms with Crippen molar-refractivity contribution in [2.75, 3.05) is 12.4 Å². The van der Waals surface area contributed by atoms with Gasteiger partial charge in [0.1, 0.15) is 5.75 Å². The van der Waals surface area contributed by atoms with Crippen molar-refractivity contribution in [3.8, 4) is 10.9 Å². The van der Waals surface area contributed by atoms with Gasteiger partial charge in [-0.3, -0.25) is 4.79 Å². The number of methoxy groups -OCH3 is 1. The minimum Gasteiger partial charge on any atom is -0.465 e. The number of carbonyl (C=O) groups is 2. The van der Waals surface area contributed by atoms with E-state index in [1.54, 1.807) is 24.3 Å². The van der Waals surface area contributed by atoms with Crippen LogP contribution in [0.4, 0.5) is 5.69 Å². The van der Waals surface area contributed by atoms with E-state index in [0.29, 0.717) is 11.4 Å². The molecule has 0 aliphatic carbocycles. The third-order valence-electron chi connectivity index (χ3n) is 2.79. The van der Waals surface area contributed by atoms with Crippen LogP contribution in [0.25, 0.3) is 0 Å². The molecule has 0 aliphatic heterocycles.